The van der Waals surface area contributed by atoms with Gasteiger partial charge in [-0.15, -0.1) is 0 Å². The number of benzene rings is 2. The number of nitrogens with zero attached hydrogens (tertiary/aromatic N) is 1. The summed E-state index contributed by atoms with van der Waals surface area (Å²) >= 11 is 5.86. The van der Waals surface area contributed by atoms with Gasteiger partial charge in [0.25, 0.3) is 0 Å². The second-order valence-electron chi connectivity index (χ2n) is 5.12. The molecule has 21 heavy (non-hydrogen) atoms. The summed E-state index contributed by atoms with van der Waals surface area (Å²) in [5, 5.41) is 12.9. The Morgan fingerprint density at radius 1 is 1.29 bits per heavy atom. The minimum atomic E-state index is -0.366. The maximum absolute atomic E-state index is 13.7. The Hall–Kier alpha value is -2.05. The van der Waals surface area contributed by atoms with Crippen LogP contribution in [-0.4, -0.2) is 6.04 Å². The molecule has 0 aliphatic rings. The molecule has 2 aromatic carbocycles. The lowest BCUT2D eigenvalue weighted by Gasteiger charge is -2.18. The van der Waals surface area contributed by atoms with Gasteiger partial charge in [0.2, 0.25) is 0 Å². The van der Waals surface area contributed by atoms with Crippen LogP contribution in [-0.2, 0) is 6.42 Å². The Bertz CT molecular complexity index is 674. The zero-order valence-corrected chi connectivity index (χ0v) is 12.7. The van der Waals surface area contributed by atoms with Crippen LogP contribution in [0, 0.1) is 24.1 Å². The van der Waals surface area contributed by atoms with Crippen LogP contribution in [0.2, 0.25) is 5.02 Å². The summed E-state index contributed by atoms with van der Waals surface area (Å²) in [7, 11) is 0. The summed E-state index contributed by atoms with van der Waals surface area (Å²) < 4.78 is 13.7. The molecule has 4 heteroatoms. The quantitative estimate of drug-likeness (QED) is 0.888. The maximum Gasteiger partial charge on any atom is 0.129 e. The van der Waals surface area contributed by atoms with Gasteiger partial charge in [0.1, 0.15) is 5.82 Å². The second kappa shape index (κ2) is 6.60. The number of halogens is 2. The Morgan fingerprint density at radius 2 is 1.95 bits per heavy atom. The van der Waals surface area contributed by atoms with Gasteiger partial charge in [-0.2, -0.15) is 5.26 Å². The highest BCUT2D eigenvalue weighted by Gasteiger charge is 2.10. The van der Waals surface area contributed by atoms with Gasteiger partial charge in [0.05, 0.1) is 11.6 Å². The first-order chi connectivity index (χ1) is 9.99. The summed E-state index contributed by atoms with van der Waals surface area (Å²) in [6.07, 6.45) is 0.787. The van der Waals surface area contributed by atoms with E-state index in [-0.39, 0.29) is 11.9 Å². The Kier molecular flexibility index (Phi) is 4.82. The predicted molar refractivity (Wildman–Crippen MR) is 84.1 cm³/mol. The van der Waals surface area contributed by atoms with E-state index in [2.05, 4.69) is 5.32 Å². The van der Waals surface area contributed by atoms with E-state index in [1.165, 1.54) is 6.07 Å². The molecule has 0 aliphatic heterocycles. The van der Waals surface area contributed by atoms with Gasteiger partial charge in [-0.3, -0.25) is 0 Å². The molecule has 0 aromatic heterocycles. The largest absolute Gasteiger partial charge is 0.382 e. The number of nitriles is 1. The zero-order valence-electron chi connectivity index (χ0n) is 12.0. The van der Waals surface area contributed by atoms with E-state index in [0.717, 1.165) is 12.0 Å². The van der Waals surface area contributed by atoms with Crippen molar-refractivity contribution in [1.29, 1.82) is 5.26 Å². The molecule has 0 amide bonds. The number of nitrogens with one attached hydrogen (secondary N) is 1. The van der Waals surface area contributed by atoms with Crippen molar-refractivity contribution in [3.8, 4) is 6.07 Å². The van der Waals surface area contributed by atoms with Gasteiger partial charge in [0, 0.05) is 22.3 Å². The number of hydrogen-bond acceptors (Lipinski definition) is 2. The summed E-state index contributed by atoms with van der Waals surface area (Å²) in [5.41, 5.74) is 2.65. The SMILES string of the molecule is Cc1c(F)cc(C#N)cc1NC(C)Cc1ccc(Cl)cc1. The van der Waals surface area contributed by atoms with Crippen LogP contribution in [0.15, 0.2) is 36.4 Å². The van der Waals surface area contributed by atoms with E-state index in [1.54, 1.807) is 13.0 Å². The number of rotatable bonds is 4. The predicted octanol–water partition coefficient (Wildman–Crippen LogP) is 4.70. The molecule has 0 saturated heterocycles. The summed E-state index contributed by atoms with van der Waals surface area (Å²) in [5.74, 6) is -0.366. The highest BCUT2D eigenvalue weighted by atomic mass is 35.5. The Labute approximate surface area is 129 Å². The highest BCUT2D eigenvalue weighted by molar-refractivity contribution is 6.30. The highest BCUT2D eigenvalue weighted by Crippen LogP contribution is 2.22. The van der Waals surface area contributed by atoms with Gasteiger partial charge in [-0.1, -0.05) is 23.7 Å². The molecule has 0 heterocycles. The van der Waals surface area contributed by atoms with Crippen LogP contribution in [0.5, 0.6) is 0 Å². The molecule has 1 N–H and O–H groups in total. The van der Waals surface area contributed by atoms with Gasteiger partial charge >= 0.3 is 0 Å². The van der Waals surface area contributed by atoms with Crippen LogP contribution >= 0.6 is 11.6 Å². The molecule has 0 fully saturated rings. The third-order valence-electron chi connectivity index (χ3n) is 3.33. The normalized spacial score (nSPS) is 11.8. The van der Waals surface area contributed by atoms with E-state index in [9.17, 15) is 4.39 Å². The topological polar surface area (TPSA) is 35.8 Å². The van der Waals surface area contributed by atoms with E-state index in [0.29, 0.717) is 21.8 Å². The third kappa shape index (κ3) is 3.96. The van der Waals surface area contributed by atoms with Crippen LogP contribution in [0.3, 0.4) is 0 Å². The first-order valence-corrected chi connectivity index (χ1v) is 7.08. The second-order valence-corrected chi connectivity index (χ2v) is 5.55. The van der Waals surface area contributed by atoms with Crippen LogP contribution in [0.4, 0.5) is 10.1 Å². The van der Waals surface area contributed by atoms with Gasteiger partial charge < -0.3 is 5.32 Å². The van der Waals surface area contributed by atoms with Gasteiger partial charge in [0.15, 0.2) is 0 Å². The lowest BCUT2D eigenvalue weighted by molar-refractivity contribution is 0.618. The molecular weight excluding hydrogens is 287 g/mol. The summed E-state index contributed by atoms with van der Waals surface area (Å²) in [6, 6.07) is 12.7. The Balaban J connectivity index is 2.12. The average Bonchev–Trinajstić information content (AvgIpc) is 2.46. The molecule has 108 valence electrons. The van der Waals surface area contributed by atoms with Gasteiger partial charge in [-0.05, 0) is 50.1 Å². The van der Waals surface area contributed by atoms with E-state index in [1.807, 2.05) is 37.3 Å². The fourth-order valence-corrected chi connectivity index (χ4v) is 2.31. The van der Waals surface area contributed by atoms with Crippen LogP contribution in [0.1, 0.15) is 23.6 Å². The summed E-state index contributed by atoms with van der Waals surface area (Å²) in [4.78, 5) is 0. The van der Waals surface area contributed by atoms with E-state index in [4.69, 9.17) is 16.9 Å². The fourth-order valence-electron chi connectivity index (χ4n) is 2.18. The van der Waals surface area contributed by atoms with Gasteiger partial charge in [-0.25, -0.2) is 4.39 Å². The van der Waals surface area contributed by atoms with E-state index < -0.39 is 0 Å². The third-order valence-corrected chi connectivity index (χ3v) is 3.58. The number of hydrogen-bond donors (Lipinski definition) is 1. The minimum Gasteiger partial charge on any atom is -0.382 e. The smallest absolute Gasteiger partial charge is 0.129 e. The van der Waals surface area contributed by atoms with Crippen molar-refractivity contribution in [2.24, 2.45) is 0 Å². The zero-order chi connectivity index (χ0) is 15.4. The molecule has 0 aliphatic carbocycles. The fraction of sp³-hybridized carbons (Fsp3) is 0.235. The van der Waals surface area contributed by atoms with Crippen LogP contribution in [0.25, 0.3) is 0 Å². The molecule has 2 rings (SSSR count). The molecule has 0 spiro atoms. The Morgan fingerprint density at radius 3 is 2.57 bits per heavy atom. The van der Waals surface area contributed by atoms with Crippen molar-refractivity contribution in [2.45, 2.75) is 26.3 Å². The van der Waals surface area contributed by atoms with E-state index >= 15 is 0 Å². The molecule has 0 saturated carbocycles. The molecule has 2 aromatic rings. The first kappa shape index (κ1) is 15.3. The lowest BCUT2D eigenvalue weighted by Crippen LogP contribution is -2.19. The molecule has 1 atom stereocenters. The summed E-state index contributed by atoms with van der Waals surface area (Å²) in [6.45, 7) is 3.72. The van der Waals surface area contributed by atoms with Crippen LogP contribution < -0.4 is 5.32 Å². The first-order valence-electron chi connectivity index (χ1n) is 6.71. The molecule has 0 radical (unpaired) electrons. The van der Waals surface area contributed by atoms with Crippen molar-refractivity contribution in [2.75, 3.05) is 5.32 Å². The number of anilines is 1. The molecular formula is C17H16ClFN2. The maximum atomic E-state index is 13.7. The van der Waals surface area contributed by atoms with Crippen molar-refractivity contribution in [3.05, 3.63) is 63.9 Å². The van der Waals surface area contributed by atoms with Crippen molar-refractivity contribution in [1.82, 2.24) is 0 Å². The molecule has 2 nitrogen and oxygen atoms in total. The monoisotopic (exact) mass is 302 g/mol. The minimum absolute atomic E-state index is 0.109. The molecule has 0 bridgehead atoms. The molecule has 1 unspecified atom stereocenters. The lowest BCUT2D eigenvalue weighted by atomic mass is 10.1. The van der Waals surface area contributed by atoms with Crippen molar-refractivity contribution >= 4 is 17.3 Å². The van der Waals surface area contributed by atoms with Crippen molar-refractivity contribution < 1.29 is 4.39 Å². The standard InChI is InChI=1S/C17H16ClFN2/c1-11(7-13-3-5-15(18)6-4-13)21-17-9-14(10-20)8-16(19)12(17)2/h3-6,8-9,11,21H,7H2,1-2H3. The average molecular weight is 303 g/mol. The van der Waals surface area contributed by atoms with Crippen molar-refractivity contribution in [3.63, 3.8) is 0 Å².